The molecule has 1 saturated heterocycles. The van der Waals surface area contributed by atoms with Gasteiger partial charge in [0, 0.05) is 30.7 Å². The number of nitrogens with zero attached hydrogens (tertiary/aromatic N) is 2. The van der Waals surface area contributed by atoms with Crippen LogP contribution in [0.25, 0.3) is 10.2 Å². The van der Waals surface area contributed by atoms with Crippen molar-refractivity contribution in [1.82, 2.24) is 9.88 Å². The minimum Gasteiger partial charge on any atom is -0.385 e. The van der Waals surface area contributed by atoms with Crippen LogP contribution in [0.4, 0.5) is 5.13 Å². The number of likely N-dealkylation sites (tertiary alicyclic amines) is 1. The number of hydrogen-bond donors (Lipinski definition) is 2. The van der Waals surface area contributed by atoms with E-state index in [0.29, 0.717) is 52.7 Å². The molecule has 0 radical (unpaired) electrons. The predicted molar refractivity (Wildman–Crippen MR) is 147 cm³/mol. The number of nitrogens with one attached hydrogen (secondary N) is 1. The lowest BCUT2D eigenvalue weighted by atomic mass is 9.84. The molecule has 37 heavy (non-hydrogen) atoms. The molecule has 0 atom stereocenters. The van der Waals surface area contributed by atoms with Gasteiger partial charge < -0.3 is 15.3 Å². The fraction of sp³-hybridized carbons (Fsp3) is 0.259. The van der Waals surface area contributed by atoms with E-state index in [1.807, 2.05) is 18.2 Å². The van der Waals surface area contributed by atoms with E-state index in [1.165, 1.54) is 11.3 Å². The lowest BCUT2D eigenvalue weighted by Gasteiger charge is -2.38. The van der Waals surface area contributed by atoms with Gasteiger partial charge in [-0.25, -0.2) is 13.4 Å². The molecule has 1 aliphatic rings. The van der Waals surface area contributed by atoms with E-state index in [0.717, 1.165) is 10.3 Å². The van der Waals surface area contributed by atoms with Crippen LogP contribution in [0.1, 0.15) is 34.3 Å². The zero-order valence-corrected chi connectivity index (χ0v) is 22.5. The quantitative estimate of drug-likeness (QED) is 0.344. The van der Waals surface area contributed by atoms with Gasteiger partial charge in [-0.1, -0.05) is 53.3 Å². The second kappa shape index (κ2) is 10.1. The third-order valence-electron chi connectivity index (χ3n) is 6.73. The predicted octanol–water partition coefficient (Wildman–Crippen LogP) is 5.09. The highest BCUT2D eigenvalue weighted by molar-refractivity contribution is 7.90. The first-order chi connectivity index (χ1) is 17.7. The molecule has 5 rings (SSSR count). The van der Waals surface area contributed by atoms with E-state index < -0.39 is 15.4 Å². The fourth-order valence-corrected chi connectivity index (χ4v) is 7.27. The zero-order valence-electron chi connectivity index (χ0n) is 20.1. The number of benzene rings is 3. The van der Waals surface area contributed by atoms with Crippen LogP contribution in [0.5, 0.6) is 0 Å². The van der Waals surface area contributed by atoms with Crippen molar-refractivity contribution in [2.75, 3.05) is 25.5 Å². The maximum absolute atomic E-state index is 13.2. The lowest BCUT2D eigenvalue weighted by Crippen LogP contribution is -2.45. The average molecular weight is 556 g/mol. The molecule has 0 bridgehead atoms. The summed E-state index contributed by atoms with van der Waals surface area (Å²) < 4.78 is 27.2. The smallest absolute Gasteiger partial charge is 0.253 e. The molecule has 7 nitrogen and oxygen atoms in total. The fourth-order valence-electron chi connectivity index (χ4n) is 4.65. The van der Waals surface area contributed by atoms with Crippen molar-refractivity contribution in [3.8, 4) is 0 Å². The van der Waals surface area contributed by atoms with Crippen molar-refractivity contribution in [2.24, 2.45) is 0 Å². The summed E-state index contributed by atoms with van der Waals surface area (Å²) in [6.45, 7) is 0.814. The van der Waals surface area contributed by atoms with Gasteiger partial charge in [-0.15, -0.1) is 0 Å². The third-order valence-corrected chi connectivity index (χ3v) is 9.71. The maximum Gasteiger partial charge on any atom is 0.253 e. The molecule has 10 heteroatoms. The van der Waals surface area contributed by atoms with Gasteiger partial charge in [0.05, 0.1) is 20.9 Å². The molecule has 2 heterocycles. The van der Waals surface area contributed by atoms with Crippen LogP contribution >= 0.6 is 22.9 Å². The Balaban J connectivity index is 1.27. The van der Waals surface area contributed by atoms with Gasteiger partial charge in [0.2, 0.25) is 0 Å². The summed E-state index contributed by atoms with van der Waals surface area (Å²) in [5.74, 6) is -0.335. The van der Waals surface area contributed by atoms with Crippen LogP contribution in [0.15, 0.2) is 71.6 Å². The highest BCUT2D eigenvalue weighted by Crippen LogP contribution is 2.35. The van der Waals surface area contributed by atoms with Crippen molar-refractivity contribution in [3.63, 3.8) is 0 Å². The number of para-hydroxylation sites is 1. The molecule has 1 fully saturated rings. The molecule has 2 N–H and O–H groups in total. The summed E-state index contributed by atoms with van der Waals surface area (Å²) in [5.41, 5.74) is 1.27. The van der Waals surface area contributed by atoms with E-state index >= 15 is 0 Å². The Morgan fingerprint density at radius 1 is 1.11 bits per heavy atom. The van der Waals surface area contributed by atoms with E-state index in [4.69, 9.17) is 11.6 Å². The summed E-state index contributed by atoms with van der Waals surface area (Å²) >= 11 is 7.49. The van der Waals surface area contributed by atoms with Crippen molar-refractivity contribution >= 4 is 54.0 Å². The molecule has 4 aromatic rings. The van der Waals surface area contributed by atoms with Crippen molar-refractivity contribution in [1.29, 1.82) is 0 Å². The number of sulfone groups is 1. The van der Waals surface area contributed by atoms with Crippen LogP contribution in [0.2, 0.25) is 5.02 Å². The van der Waals surface area contributed by atoms with Gasteiger partial charge in [0.25, 0.3) is 5.91 Å². The third kappa shape index (κ3) is 5.22. The standard InChI is InChI=1S/C27H26ClN3O4S2/c1-29-26-30-24-22(36-26)6-3-7-23(24)37(34,35)17-18-8-10-19(11-9-18)25(32)31-14-12-27(33,13-15-31)20-4-2-5-21(28)16-20/h2-11,16,33H,12-15,17H2,1H3,(H,29,30). The molecule has 192 valence electrons. The summed E-state index contributed by atoms with van der Waals surface area (Å²) in [4.78, 5) is 19.4. The van der Waals surface area contributed by atoms with E-state index in [9.17, 15) is 18.3 Å². The SMILES string of the molecule is CNc1nc2c(S(=O)(=O)Cc3ccc(C(=O)N4CCC(O)(c5cccc(Cl)c5)CC4)cc3)cccc2s1. The number of halogens is 1. The maximum atomic E-state index is 13.2. The van der Waals surface area contributed by atoms with Crippen molar-refractivity contribution < 1.29 is 18.3 Å². The van der Waals surface area contributed by atoms with E-state index in [-0.39, 0.29) is 16.6 Å². The second-order valence-electron chi connectivity index (χ2n) is 9.16. The normalized spacial score (nSPS) is 15.6. The van der Waals surface area contributed by atoms with E-state index in [1.54, 1.807) is 60.5 Å². The number of rotatable bonds is 6. The summed E-state index contributed by atoms with van der Waals surface area (Å²) in [6.07, 6.45) is 0.819. The Morgan fingerprint density at radius 3 is 2.49 bits per heavy atom. The number of aromatic nitrogens is 1. The Hall–Kier alpha value is -2.98. The number of carbonyl (C=O) groups is 1. The molecule has 0 unspecified atom stereocenters. The number of hydrogen-bond acceptors (Lipinski definition) is 7. The Morgan fingerprint density at radius 2 is 1.81 bits per heavy atom. The second-order valence-corrected chi connectivity index (χ2v) is 12.6. The van der Waals surface area contributed by atoms with Gasteiger partial charge in [0.1, 0.15) is 5.52 Å². The first-order valence-corrected chi connectivity index (χ1v) is 14.7. The minimum atomic E-state index is -3.65. The van der Waals surface area contributed by atoms with Crippen LogP contribution < -0.4 is 5.32 Å². The highest BCUT2D eigenvalue weighted by Gasteiger charge is 2.35. The molecule has 0 spiro atoms. The van der Waals surface area contributed by atoms with Crippen LogP contribution in [-0.4, -0.2) is 49.5 Å². The molecular formula is C27H26ClN3O4S2. The summed E-state index contributed by atoms with van der Waals surface area (Å²) in [5, 5.41) is 15.3. The summed E-state index contributed by atoms with van der Waals surface area (Å²) in [7, 11) is -1.90. The van der Waals surface area contributed by atoms with Gasteiger partial charge in [0.15, 0.2) is 15.0 Å². The summed E-state index contributed by atoms with van der Waals surface area (Å²) in [6, 6.07) is 19.0. The topological polar surface area (TPSA) is 99.6 Å². The monoisotopic (exact) mass is 555 g/mol. The number of piperidine rings is 1. The number of carbonyl (C=O) groups excluding carboxylic acids is 1. The molecule has 1 aliphatic heterocycles. The average Bonchev–Trinajstić information content (AvgIpc) is 3.32. The molecule has 1 aromatic heterocycles. The first-order valence-electron chi connectivity index (χ1n) is 11.9. The number of thiazole rings is 1. The Labute approximate surface area is 224 Å². The number of fused-ring (bicyclic) bond motifs is 1. The van der Waals surface area contributed by atoms with Gasteiger partial charge >= 0.3 is 0 Å². The zero-order chi connectivity index (χ0) is 26.2. The van der Waals surface area contributed by atoms with Crippen LogP contribution in [0.3, 0.4) is 0 Å². The van der Waals surface area contributed by atoms with Gasteiger partial charge in [-0.2, -0.15) is 0 Å². The van der Waals surface area contributed by atoms with Crippen LogP contribution in [-0.2, 0) is 21.2 Å². The van der Waals surface area contributed by atoms with Gasteiger partial charge in [-0.3, -0.25) is 4.79 Å². The Bertz CT molecular complexity index is 1560. The van der Waals surface area contributed by atoms with Crippen LogP contribution in [0, 0.1) is 0 Å². The highest BCUT2D eigenvalue weighted by atomic mass is 35.5. The number of anilines is 1. The molecule has 0 saturated carbocycles. The number of amides is 1. The Kier molecular flexibility index (Phi) is 6.97. The van der Waals surface area contributed by atoms with Gasteiger partial charge in [-0.05, 0) is 60.4 Å². The molecule has 3 aromatic carbocycles. The molecule has 1 amide bonds. The minimum absolute atomic E-state index is 0.144. The largest absolute Gasteiger partial charge is 0.385 e. The van der Waals surface area contributed by atoms with Crippen molar-refractivity contribution in [2.45, 2.75) is 29.1 Å². The van der Waals surface area contributed by atoms with E-state index in [2.05, 4.69) is 10.3 Å². The number of aliphatic hydroxyl groups is 1. The molecular weight excluding hydrogens is 530 g/mol. The van der Waals surface area contributed by atoms with Crippen molar-refractivity contribution in [3.05, 3.63) is 88.4 Å². The first kappa shape index (κ1) is 25.7. The molecule has 0 aliphatic carbocycles. The lowest BCUT2D eigenvalue weighted by molar-refractivity contribution is -0.0211.